The highest BCUT2D eigenvalue weighted by atomic mass is 35.5. The molecule has 0 saturated carbocycles. The number of halogens is 1. The number of hydrogen-bond acceptors (Lipinski definition) is 5. The molecule has 0 saturated heterocycles. The quantitative estimate of drug-likeness (QED) is 0.501. The Balaban J connectivity index is 2.49. The standard InChI is InChI=1S/C24H32ClN3O5S/c1-6-21(24(30)26-7-2)27(15-18-10-8-11-19(14-18)33-4)23(29)16-28(34(5,31)32)22-13-9-12-20(25)17(22)3/h8-14,21H,6-7,15-16H2,1-5H3,(H,26,30)/t21-/m1/s1. The maximum absolute atomic E-state index is 13.6. The number of rotatable bonds is 11. The van der Waals surface area contributed by atoms with Crippen molar-refractivity contribution in [3.8, 4) is 5.75 Å². The van der Waals surface area contributed by atoms with Crippen molar-refractivity contribution in [3.05, 3.63) is 58.6 Å². The van der Waals surface area contributed by atoms with Crippen molar-refractivity contribution in [3.63, 3.8) is 0 Å². The van der Waals surface area contributed by atoms with Crippen LogP contribution in [-0.4, -0.2) is 57.6 Å². The molecule has 2 aromatic carbocycles. The number of benzene rings is 2. The second-order valence-electron chi connectivity index (χ2n) is 7.85. The van der Waals surface area contributed by atoms with E-state index in [0.29, 0.717) is 35.0 Å². The zero-order valence-electron chi connectivity index (χ0n) is 20.2. The van der Waals surface area contributed by atoms with E-state index in [4.69, 9.17) is 16.3 Å². The minimum Gasteiger partial charge on any atom is -0.497 e. The van der Waals surface area contributed by atoms with Gasteiger partial charge in [-0.25, -0.2) is 8.42 Å². The number of carbonyl (C=O) groups is 2. The summed E-state index contributed by atoms with van der Waals surface area (Å²) in [6.45, 7) is 5.34. The first kappa shape index (κ1) is 27.5. The van der Waals surface area contributed by atoms with Gasteiger partial charge in [-0.2, -0.15) is 0 Å². The van der Waals surface area contributed by atoms with Crippen LogP contribution in [0.1, 0.15) is 31.4 Å². The zero-order valence-corrected chi connectivity index (χ0v) is 21.7. The van der Waals surface area contributed by atoms with E-state index in [2.05, 4.69) is 5.32 Å². The average Bonchev–Trinajstić information content (AvgIpc) is 2.79. The molecule has 34 heavy (non-hydrogen) atoms. The van der Waals surface area contributed by atoms with Gasteiger partial charge in [-0.1, -0.05) is 36.7 Å². The Hall–Kier alpha value is -2.78. The van der Waals surface area contributed by atoms with Crippen LogP contribution in [0.2, 0.25) is 5.02 Å². The Kier molecular flexibility index (Phi) is 9.76. The van der Waals surface area contributed by atoms with Crippen LogP contribution in [0.3, 0.4) is 0 Å². The van der Waals surface area contributed by atoms with Gasteiger partial charge < -0.3 is 15.0 Å². The second kappa shape index (κ2) is 12.1. The third-order valence-corrected chi connectivity index (χ3v) is 6.95. The Labute approximate surface area is 206 Å². The number of methoxy groups -OCH3 is 1. The van der Waals surface area contributed by atoms with Crippen molar-refractivity contribution in [2.75, 3.05) is 30.8 Å². The molecule has 0 radical (unpaired) electrons. The lowest BCUT2D eigenvalue weighted by molar-refractivity contribution is -0.140. The average molecular weight is 510 g/mol. The minimum atomic E-state index is -3.83. The molecule has 0 bridgehead atoms. The lowest BCUT2D eigenvalue weighted by Gasteiger charge is -2.33. The molecule has 8 nitrogen and oxygen atoms in total. The molecule has 0 spiro atoms. The zero-order chi connectivity index (χ0) is 25.5. The summed E-state index contributed by atoms with van der Waals surface area (Å²) in [5, 5.41) is 3.15. The first-order valence-corrected chi connectivity index (χ1v) is 13.2. The fourth-order valence-corrected chi connectivity index (χ4v) is 4.71. The molecule has 2 rings (SSSR count). The molecule has 0 aliphatic rings. The maximum atomic E-state index is 13.6. The lowest BCUT2D eigenvalue weighted by atomic mass is 10.1. The molecule has 0 aliphatic heterocycles. The molecule has 0 aliphatic carbocycles. The third kappa shape index (κ3) is 6.87. The number of hydrogen-bond donors (Lipinski definition) is 1. The van der Waals surface area contributed by atoms with Crippen molar-refractivity contribution in [2.24, 2.45) is 0 Å². The predicted molar refractivity (Wildman–Crippen MR) is 135 cm³/mol. The summed E-state index contributed by atoms with van der Waals surface area (Å²) in [6.07, 6.45) is 1.39. The summed E-state index contributed by atoms with van der Waals surface area (Å²) < 4.78 is 31.7. The first-order chi connectivity index (χ1) is 16.0. The van der Waals surface area contributed by atoms with E-state index in [1.807, 2.05) is 6.07 Å². The van der Waals surface area contributed by atoms with Crippen LogP contribution in [0.4, 0.5) is 5.69 Å². The number of nitrogens with zero attached hydrogens (tertiary/aromatic N) is 2. The molecule has 10 heteroatoms. The molecule has 186 valence electrons. The van der Waals surface area contributed by atoms with Gasteiger partial charge in [-0.15, -0.1) is 0 Å². The van der Waals surface area contributed by atoms with Gasteiger partial charge in [0.1, 0.15) is 18.3 Å². The number of likely N-dealkylation sites (N-methyl/N-ethyl adjacent to an activating group) is 1. The van der Waals surface area contributed by atoms with E-state index in [1.54, 1.807) is 64.3 Å². The molecule has 0 aromatic heterocycles. The SMILES string of the molecule is CCNC(=O)[C@@H](CC)N(Cc1cccc(OC)c1)C(=O)CN(c1cccc(Cl)c1C)S(C)(=O)=O. The van der Waals surface area contributed by atoms with Gasteiger partial charge in [-0.3, -0.25) is 13.9 Å². The van der Waals surface area contributed by atoms with E-state index in [-0.39, 0.29) is 12.5 Å². The van der Waals surface area contributed by atoms with Gasteiger partial charge in [0.05, 0.1) is 19.1 Å². The molecular weight excluding hydrogens is 478 g/mol. The summed E-state index contributed by atoms with van der Waals surface area (Å²) in [6, 6.07) is 11.3. The molecule has 1 atom stereocenters. The summed E-state index contributed by atoms with van der Waals surface area (Å²) in [4.78, 5) is 27.8. The highest BCUT2D eigenvalue weighted by Crippen LogP contribution is 2.28. The van der Waals surface area contributed by atoms with E-state index in [1.165, 1.54) is 4.90 Å². The van der Waals surface area contributed by atoms with Gasteiger partial charge in [0.15, 0.2) is 0 Å². The lowest BCUT2D eigenvalue weighted by Crippen LogP contribution is -2.52. The number of nitrogens with one attached hydrogen (secondary N) is 1. The largest absolute Gasteiger partial charge is 0.497 e. The van der Waals surface area contributed by atoms with E-state index in [0.717, 1.165) is 16.1 Å². The Morgan fingerprint density at radius 3 is 2.41 bits per heavy atom. The summed E-state index contributed by atoms with van der Waals surface area (Å²) in [5.74, 6) is -0.194. The third-order valence-electron chi connectivity index (χ3n) is 5.41. The van der Waals surface area contributed by atoms with Crippen molar-refractivity contribution in [1.29, 1.82) is 0 Å². The van der Waals surface area contributed by atoms with Gasteiger partial charge >= 0.3 is 0 Å². The molecule has 2 amide bonds. The molecule has 0 unspecified atom stereocenters. The van der Waals surface area contributed by atoms with Crippen LogP contribution in [-0.2, 0) is 26.2 Å². The molecular formula is C24H32ClN3O5S. The Morgan fingerprint density at radius 1 is 1.15 bits per heavy atom. The van der Waals surface area contributed by atoms with Gasteiger partial charge in [0.25, 0.3) is 0 Å². The highest BCUT2D eigenvalue weighted by molar-refractivity contribution is 7.92. The number of ether oxygens (including phenoxy) is 1. The van der Waals surface area contributed by atoms with Crippen molar-refractivity contribution in [1.82, 2.24) is 10.2 Å². The van der Waals surface area contributed by atoms with Crippen molar-refractivity contribution >= 4 is 39.1 Å². The van der Waals surface area contributed by atoms with E-state index in [9.17, 15) is 18.0 Å². The van der Waals surface area contributed by atoms with Crippen molar-refractivity contribution < 1.29 is 22.7 Å². The summed E-state index contributed by atoms with van der Waals surface area (Å²) >= 11 is 6.21. The Bertz CT molecular complexity index is 1120. The predicted octanol–water partition coefficient (Wildman–Crippen LogP) is 3.37. The molecule has 2 aromatic rings. The van der Waals surface area contributed by atoms with Crippen LogP contribution in [0.5, 0.6) is 5.75 Å². The maximum Gasteiger partial charge on any atom is 0.244 e. The van der Waals surface area contributed by atoms with Gasteiger partial charge in [0, 0.05) is 18.1 Å². The molecule has 0 fully saturated rings. The number of sulfonamides is 1. The number of carbonyl (C=O) groups excluding carboxylic acids is 2. The number of anilines is 1. The van der Waals surface area contributed by atoms with Crippen LogP contribution in [0.25, 0.3) is 0 Å². The fourth-order valence-electron chi connectivity index (χ4n) is 3.64. The smallest absolute Gasteiger partial charge is 0.244 e. The van der Waals surface area contributed by atoms with E-state index < -0.39 is 28.5 Å². The van der Waals surface area contributed by atoms with Gasteiger partial charge in [0.2, 0.25) is 21.8 Å². The van der Waals surface area contributed by atoms with Crippen molar-refractivity contribution in [2.45, 2.75) is 39.8 Å². The summed E-state index contributed by atoms with van der Waals surface area (Å²) in [7, 11) is -2.28. The summed E-state index contributed by atoms with van der Waals surface area (Å²) in [5.41, 5.74) is 1.61. The molecule has 1 N–H and O–H groups in total. The molecule has 0 heterocycles. The highest BCUT2D eigenvalue weighted by Gasteiger charge is 2.32. The second-order valence-corrected chi connectivity index (χ2v) is 10.2. The topological polar surface area (TPSA) is 96.0 Å². The van der Waals surface area contributed by atoms with Gasteiger partial charge in [-0.05, 0) is 55.7 Å². The van der Waals surface area contributed by atoms with Crippen LogP contribution in [0.15, 0.2) is 42.5 Å². The van der Waals surface area contributed by atoms with Crippen LogP contribution in [0, 0.1) is 6.92 Å². The van der Waals surface area contributed by atoms with Crippen LogP contribution < -0.4 is 14.4 Å². The fraction of sp³-hybridized carbons (Fsp3) is 0.417. The Morgan fingerprint density at radius 2 is 1.82 bits per heavy atom. The monoisotopic (exact) mass is 509 g/mol. The first-order valence-electron chi connectivity index (χ1n) is 11.0. The minimum absolute atomic E-state index is 0.109. The normalized spacial score (nSPS) is 12.1. The van der Waals surface area contributed by atoms with Crippen LogP contribution >= 0.6 is 11.6 Å². The number of amides is 2. The van der Waals surface area contributed by atoms with E-state index >= 15 is 0 Å².